The summed E-state index contributed by atoms with van der Waals surface area (Å²) in [5, 5.41) is 14.4. The molecule has 1 amide bonds. The summed E-state index contributed by atoms with van der Waals surface area (Å²) in [4.78, 5) is 12.0. The molecule has 19 heavy (non-hydrogen) atoms. The first-order valence-electron chi connectivity index (χ1n) is 5.93. The third kappa shape index (κ3) is 4.82. The monoisotopic (exact) mass is 281 g/mol. The van der Waals surface area contributed by atoms with Gasteiger partial charge in [0, 0.05) is 17.7 Å². The van der Waals surface area contributed by atoms with Crippen LogP contribution in [0.4, 0.5) is 0 Å². The molecule has 0 radical (unpaired) electrons. The fraction of sp³-hybridized carbons (Fsp3) is 0.385. The summed E-state index contributed by atoms with van der Waals surface area (Å²) in [7, 11) is 0. The van der Waals surface area contributed by atoms with Crippen LogP contribution in [0.3, 0.4) is 0 Å². The summed E-state index contributed by atoms with van der Waals surface area (Å²) in [5.74, 6) is 1.27. The predicted molar refractivity (Wildman–Crippen MR) is 78.8 cm³/mol. The molecular formula is C13H19N3O2S. The van der Waals surface area contributed by atoms with Crippen molar-refractivity contribution in [2.24, 2.45) is 16.8 Å². The number of thioether (sulfide) groups is 1. The number of amides is 1. The maximum Gasteiger partial charge on any atom is 0.251 e. The zero-order chi connectivity index (χ0) is 14.3. The van der Waals surface area contributed by atoms with Crippen molar-refractivity contribution >= 4 is 23.5 Å². The molecule has 1 aromatic carbocycles. The number of nitrogens with two attached hydrogens (primary N) is 1. The molecule has 0 saturated heterocycles. The lowest BCUT2D eigenvalue weighted by molar-refractivity contribution is 0.0949. The minimum Gasteiger partial charge on any atom is -0.409 e. The Kier molecular flexibility index (Phi) is 6.21. The van der Waals surface area contributed by atoms with Crippen molar-refractivity contribution < 1.29 is 10.0 Å². The number of hydrogen-bond acceptors (Lipinski definition) is 4. The Morgan fingerprint density at radius 2 is 2.21 bits per heavy atom. The van der Waals surface area contributed by atoms with Gasteiger partial charge in [0.2, 0.25) is 0 Å². The van der Waals surface area contributed by atoms with E-state index in [0.717, 1.165) is 5.75 Å². The van der Waals surface area contributed by atoms with Crippen molar-refractivity contribution in [3.8, 4) is 0 Å². The fourth-order valence-corrected chi connectivity index (χ4v) is 2.28. The highest BCUT2D eigenvalue weighted by Gasteiger charge is 2.09. The van der Waals surface area contributed by atoms with E-state index >= 15 is 0 Å². The van der Waals surface area contributed by atoms with Crippen LogP contribution in [0, 0.1) is 5.92 Å². The van der Waals surface area contributed by atoms with Gasteiger partial charge in [-0.2, -0.15) is 11.8 Å². The van der Waals surface area contributed by atoms with Crippen molar-refractivity contribution in [1.29, 1.82) is 0 Å². The third-order valence-corrected chi connectivity index (χ3v) is 3.49. The van der Waals surface area contributed by atoms with Gasteiger partial charge in [-0.1, -0.05) is 24.2 Å². The second kappa shape index (κ2) is 7.68. The molecule has 0 bridgehead atoms. The molecule has 0 heterocycles. The van der Waals surface area contributed by atoms with Gasteiger partial charge in [-0.15, -0.1) is 0 Å². The first-order chi connectivity index (χ1) is 9.08. The molecule has 0 aliphatic heterocycles. The molecule has 0 spiro atoms. The molecule has 0 aliphatic carbocycles. The molecule has 4 N–H and O–H groups in total. The van der Waals surface area contributed by atoms with Crippen LogP contribution < -0.4 is 11.1 Å². The minimum atomic E-state index is -0.152. The van der Waals surface area contributed by atoms with E-state index in [2.05, 4.69) is 17.4 Å². The zero-order valence-corrected chi connectivity index (χ0v) is 11.9. The van der Waals surface area contributed by atoms with E-state index in [4.69, 9.17) is 10.9 Å². The Morgan fingerprint density at radius 3 is 2.84 bits per heavy atom. The molecule has 5 nitrogen and oxygen atoms in total. The topological polar surface area (TPSA) is 87.7 Å². The van der Waals surface area contributed by atoms with Crippen LogP contribution in [-0.4, -0.2) is 35.5 Å². The summed E-state index contributed by atoms with van der Waals surface area (Å²) >= 11 is 1.76. The van der Waals surface area contributed by atoms with E-state index in [-0.39, 0.29) is 11.7 Å². The molecule has 104 valence electrons. The fourth-order valence-electron chi connectivity index (χ4n) is 1.59. The normalized spacial score (nSPS) is 13.1. The highest BCUT2D eigenvalue weighted by atomic mass is 32.2. The summed E-state index contributed by atoms with van der Waals surface area (Å²) in [6.45, 7) is 2.72. The van der Waals surface area contributed by atoms with Crippen LogP contribution in [0.1, 0.15) is 22.8 Å². The highest BCUT2D eigenvalue weighted by molar-refractivity contribution is 7.98. The maximum atomic E-state index is 12.0. The number of oxime groups is 1. The maximum absolute atomic E-state index is 12.0. The van der Waals surface area contributed by atoms with Crippen LogP contribution >= 0.6 is 11.8 Å². The summed E-state index contributed by atoms with van der Waals surface area (Å²) in [6.07, 6.45) is 2.04. The highest BCUT2D eigenvalue weighted by Crippen LogP contribution is 2.07. The van der Waals surface area contributed by atoms with E-state index < -0.39 is 0 Å². The van der Waals surface area contributed by atoms with Gasteiger partial charge in [-0.05, 0) is 30.1 Å². The van der Waals surface area contributed by atoms with E-state index in [9.17, 15) is 4.79 Å². The Hall–Kier alpha value is -1.69. The third-order valence-electron chi connectivity index (χ3n) is 2.59. The number of rotatable bonds is 6. The van der Waals surface area contributed by atoms with E-state index in [1.165, 1.54) is 0 Å². The minimum absolute atomic E-state index is 0.00889. The SMILES string of the molecule is CSCC(C)CNC(=O)c1cccc(C(N)=NO)c1. The van der Waals surface area contributed by atoms with Crippen molar-refractivity contribution in [2.45, 2.75) is 6.92 Å². The Labute approximate surface area is 117 Å². The quantitative estimate of drug-likeness (QED) is 0.319. The lowest BCUT2D eigenvalue weighted by atomic mass is 10.1. The second-order valence-corrected chi connectivity index (χ2v) is 5.25. The largest absolute Gasteiger partial charge is 0.409 e. The van der Waals surface area contributed by atoms with Gasteiger partial charge in [0.05, 0.1) is 0 Å². The summed E-state index contributed by atoms with van der Waals surface area (Å²) < 4.78 is 0. The molecule has 1 atom stereocenters. The van der Waals surface area contributed by atoms with Crippen LogP contribution in [0.25, 0.3) is 0 Å². The van der Waals surface area contributed by atoms with E-state index in [1.54, 1.807) is 36.0 Å². The first kappa shape index (κ1) is 15.4. The van der Waals surface area contributed by atoms with Gasteiger partial charge in [-0.3, -0.25) is 4.79 Å². The van der Waals surface area contributed by atoms with Crippen molar-refractivity contribution in [3.05, 3.63) is 35.4 Å². The Bertz CT molecular complexity index is 463. The lowest BCUT2D eigenvalue weighted by Crippen LogP contribution is -2.29. The summed E-state index contributed by atoms with van der Waals surface area (Å²) in [5.41, 5.74) is 6.51. The molecule has 0 aromatic heterocycles. The molecule has 0 fully saturated rings. The molecule has 1 aromatic rings. The Balaban J connectivity index is 2.67. The van der Waals surface area contributed by atoms with Crippen molar-refractivity contribution in [2.75, 3.05) is 18.6 Å². The Morgan fingerprint density at radius 1 is 1.53 bits per heavy atom. The number of amidine groups is 1. The van der Waals surface area contributed by atoms with Gasteiger partial charge in [0.15, 0.2) is 5.84 Å². The zero-order valence-electron chi connectivity index (χ0n) is 11.1. The predicted octanol–water partition coefficient (Wildman–Crippen LogP) is 1.51. The number of carbonyl (C=O) groups is 1. The van der Waals surface area contributed by atoms with Gasteiger partial charge >= 0.3 is 0 Å². The molecule has 1 rings (SSSR count). The number of nitrogens with zero attached hydrogens (tertiary/aromatic N) is 1. The van der Waals surface area contributed by atoms with E-state index in [0.29, 0.717) is 23.6 Å². The van der Waals surface area contributed by atoms with Crippen molar-refractivity contribution in [3.63, 3.8) is 0 Å². The standard InChI is InChI=1S/C13H19N3O2S/c1-9(8-19-2)7-15-13(17)11-5-3-4-10(6-11)12(14)16-18/h3-6,9,18H,7-8H2,1-2H3,(H2,14,16)(H,15,17). The van der Waals surface area contributed by atoms with Crippen LogP contribution in [0.5, 0.6) is 0 Å². The first-order valence-corrected chi connectivity index (χ1v) is 7.33. The van der Waals surface area contributed by atoms with Crippen LogP contribution in [0.2, 0.25) is 0 Å². The molecule has 0 saturated carbocycles. The molecule has 1 unspecified atom stereocenters. The smallest absolute Gasteiger partial charge is 0.251 e. The second-order valence-electron chi connectivity index (χ2n) is 4.34. The number of hydrogen-bond donors (Lipinski definition) is 3. The van der Waals surface area contributed by atoms with Crippen molar-refractivity contribution in [1.82, 2.24) is 5.32 Å². The summed E-state index contributed by atoms with van der Waals surface area (Å²) in [6, 6.07) is 6.68. The number of benzene rings is 1. The average Bonchev–Trinajstić information content (AvgIpc) is 2.44. The van der Waals surface area contributed by atoms with Crippen LogP contribution in [0.15, 0.2) is 29.4 Å². The van der Waals surface area contributed by atoms with Gasteiger partial charge in [0.25, 0.3) is 5.91 Å². The average molecular weight is 281 g/mol. The van der Waals surface area contributed by atoms with Gasteiger partial charge < -0.3 is 16.3 Å². The van der Waals surface area contributed by atoms with Gasteiger partial charge in [0.1, 0.15) is 0 Å². The van der Waals surface area contributed by atoms with Crippen LogP contribution in [-0.2, 0) is 0 Å². The van der Waals surface area contributed by atoms with Gasteiger partial charge in [-0.25, -0.2) is 0 Å². The molecule has 0 aliphatic rings. The number of nitrogens with one attached hydrogen (secondary N) is 1. The number of carbonyl (C=O) groups excluding carboxylic acids is 1. The molecular weight excluding hydrogens is 262 g/mol. The van der Waals surface area contributed by atoms with E-state index in [1.807, 2.05) is 6.26 Å². The lowest BCUT2D eigenvalue weighted by Gasteiger charge is -2.11. The molecule has 6 heteroatoms.